The number of nitrogens with one attached hydrogen (secondary N) is 2. The van der Waals surface area contributed by atoms with Gasteiger partial charge in [0.25, 0.3) is 0 Å². The summed E-state index contributed by atoms with van der Waals surface area (Å²) in [7, 11) is -2.38. The summed E-state index contributed by atoms with van der Waals surface area (Å²) >= 11 is 0. The zero-order chi connectivity index (χ0) is 21.6. The smallest absolute Gasteiger partial charge is 0.241 e. The van der Waals surface area contributed by atoms with Crippen LogP contribution in [0.1, 0.15) is 24.0 Å². The van der Waals surface area contributed by atoms with Crippen molar-refractivity contribution in [1.29, 1.82) is 0 Å². The number of ether oxygens (including phenoxy) is 2. The highest BCUT2D eigenvalue weighted by Crippen LogP contribution is 2.21. The van der Waals surface area contributed by atoms with Gasteiger partial charge in [0, 0.05) is 13.2 Å². The van der Waals surface area contributed by atoms with E-state index in [2.05, 4.69) is 10.0 Å². The molecule has 2 atom stereocenters. The molecule has 2 N–H and O–H groups in total. The average Bonchev–Trinajstić information content (AvgIpc) is 3.26. The molecule has 1 fully saturated rings. The molecule has 1 saturated heterocycles. The molecule has 1 aliphatic heterocycles. The van der Waals surface area contributed by atoms with Crippen molar-refractivity contribution >= 4 is 15.9 Å². The fraction of sp³-hybridized carbons (Fsp3) is 0.409. The Kier molecular flexibility index (Phi) is 7.47. The van der Waals surface area contributed by atoms with Crippen LogP contribution in [0.25, 0.3) is 0 Å². The molecule has 1 aliphatic rings. The van der Waals surface area contributed by atoms with Crippen LogP contribution in [0.15, 0.2) is 53.4 Å². The molecule has 0 saturated carbocycles. The van der Waals surface area contributed by atoms with Crippen molar-refractivity contribution in [3.8, 4) is 5.75 Å². The van der Waals surface area contributed by atoms with E-state index in [-0.39, 0.29) is 23.3 Å². The first-order chi connectivity index (χ1) is 14.4. The molecule has 2 unspecified atom stereocenters. The lowest BCUT2D eigenvalue weighted by molar-refractivity contribution is -0.123. The number of benzene rings is 2. The number of carbonyl (C=O) groups is 1. The summed E-state index contributed by atoms with van der Waals surface area (Å²) in [5.41, 5.74) is 1.56. The molecular formula is C22H28N2O5S. The molecule has 3 rings (SSSR count). The predicted molar refractivity (Wildman–Crippen MR) is 114 cm³/mol. The van der Waals surface area contributed by atoms with Crippen molar-refractivity contribution in [3.63, 3.8) is 0 Å². The molecule has 0 spiro atoms. The fourth-order valence-corrected chi connectivity index (χ4v) is 4.73. The second-order valence-electron chi connectivity index (χ2n) is 7.38. The van der Waals surface area contributed by atoms with E-state index >= 15 is 0 Å². The molecular weight excluding hydrogens is 404 g/mol. The summed E-state index contributed by atoms with van der Waals surface area (Å²) in [6, 6.07) is 13.0. The highest BCUT2D eigenvalue weighted by atomic mass is 32.2. The minimum atomic E-state index is -3.91. The molecule has 30 heavy (non-hydrogen) atoms. The van der Waals surface area contributed by atoms with Crippen LogP contribution in [0.3, 0.4) is 0 Å². The van der Waals surface area contributed by atoms with E-state index in [1.807, 2.05) is 30.3 Å². The van der Waals surface area contributed by atoms with Gasteiger partial charge in [-0.25, -0.2) is 8.42 Å². The minimum absolute atomic E-state index is 0.0211. The second-order valence-corrected chi connectivity index (χ2v) is 9.09. The number of rotatable bonds is 9. The van der Waals surface area contributed by atoms with Crippen LogP contribution in [-0.2, 0) is 26.0 Å². The van der Waals surface area contributed by atoms with Gasteiger partial charge in [0.15, 0.2) is 0 Å². The minimum Gasteiger partial charge on any atom is -0.496 e. The van der Waals surface area contributed by atoms with Crippen molar-refractivity contribution < 1.29 is 22.7 Å². The summed E-state index contributed by atoms with van der Waals surface area (Å²) in [6.07, 6.45) is 2.08. The fourth-order valence-electron chi connectivity index (χ4n) is 3.45. The van der Waals surface area contributed by atoms with Crippen LogP contribution < -0.4 is 14.8 Å². The van der Waals surface area contributed by atoms with Gasteiger partial charge in [-0.1, -0.05) is 30.3 Å². The first-order valence-electron chi connectivity index (χ1n) is 9.99. The SMILES string of the molecule is COc1ccc(S(=O)(=O)NC(Cc2ccccc2)C(=O)NCC2CCCO2)cc1C. The number of amides is 1. The van der Waals surface area contributed by atoms with Crippen molar-refractivity contribution in [1.82, 2.24) is 10.0 Å². The van der Waals surface area contributed by atoms with Gasteiger partial charge in [-0.3, -0.25) is 4.79 Å². The summed E-state index contributed by atoms with van der Waals surface area (Å²) in [4.78, 5) is 13.0. The molecule has 162 valence electrons. The molecule has 0 radical (unpaired) electrons. The van der Waals surface area contributed by atoms with Crippen molar-refractivity contribution in [2.75, 3.05) is 20.3 Å². The zero-order valence-electron chi connectivity index (χ0n) is 17.3. The van der Waals surface area contributed by atoms with E-state index in [0.29, 0.717) is 24.5 Å². The lowest BCUT2D eigenvalue weighted by Gasteiger charge is -2.20. The van der Waals surface area contributed by atoms with Crippen molar-refractivity contribution in [3.05, 3.63) is 59.7 Å². The number of hydrogen-bond acceptors (Lipinski definition) is 5. The molecule has 0 aliphatic carbocycles. The van der Waals surface area contributed by atoms with Crippen LogP contribution in [0.2, 0.25) is 0 Å². The number of methoxy groups -OCH3 is 1. The molecule has 2 aromatic rings. The first kappa shape index (κ1) is 22.3. The molecule has 7 nitrogen and oxygen atoms in total. The van der Waals surface area contributed by atoms with E-state index in [1.165, 1.54) is 19.2 Å². The van der Waals surface area contributed by atoms with Crippen LogP contribution >= 0.6 is 0 Å². The van der Waals surface area contributed by atoms with Gasteiger partial charge in [-0.2, -0.15) is 4.72 Å². The van der Waals surface area contributed by atoms with Gasteiger partial charge >= 0.3 is 0 Å². The van der Waals surface area contributed by atoms with Crippen LogP contribution in [0, 0.1) is 6.92 Å². The molecule has 0 bridgehead atoms. The van der Waals surface area contributed by atoms with Gasteiger partial charge in [0.2, 0.25) is 15.9 Å². The summed E-state index contributed by atoms with van der Waals surface area (Å²) in [5, 5.41) is 2.84. The predicted octanol–water partition coefficient (Wildman–Crippen LogP) is 2.19. The summed E-state index contributed by atoms with van der Waals surface area (Å²) in [6.45, 7) is 2.83. The molecule has 1 amide bonds. The standard InChI is InChI=1S/C22H28N2O5S/c1-16-13-19(10-11-21(16)28-2)30(26,27)24-20(14-17-7-4-3-5-8-17)22(25)23-15-18-9-6-12-29-18/h3-5,7-8,10-11,13,18,20,24H,6,9,12,14-15H2,1-2H3,(H,23,25). The third kappa shape index (κ3) is 5.81. The van der Waals surface area contributed by atoms with E-state index in [0.717, 1.165) is 18.4 Å². The van der Waals surface area contributed by atoms with Gasteiger partial charge in [0.1, 0.15) is 11.8 Å². The van der Waals surface area contributed by atoms with Crippen LogP contribution in [-0.4, -0.2) is 46.7 Å². The topological polar surface area (TPSA) is 93.7 Å². The monoisotopic (exact) mass is 432 g/mol. The zero-order valence-corrected chi connectivity index (χ0v) is 18.1. The van der Waals surface area contributed by atoms with E-state index in [9.17, 15) is 13.2 Å². The van der Waals surface area contributed by atoms with Crippen LogP contribution in [0.4, 0.5) is 0 Å². The first-order valence-corrected chi connectivity index (χ1v) is 11.5. The third-order valence-corrected chi connectivity index (χ3v) is 6.57. The molecule has 1 heterocycles. The Morgan fingerprint density at radius 3 is 2.63 bits per heavy atom. The Balaban J connectivity index is 1.77. The largest absolute Gasteiger partial charge is 0.496 e. The molecule has 2 aromatic carbocycles. The Morgan fingerprint density at radius 2 is 2.00 bits per heavy atom. The Hall–Kier alpha value is -2.42. The van der Waals surface area contributed by atoms with Crippen molar-refractivity contribution in [2.24, 2.45) is 0 Å². The van der Waals surface area contributed by atoms with E-state index in [4.69, 9.17) is 9.47 Å². The second kappa shape index (κ2) is 10.1. The summed E-state index contributed by atoms with van der Waals surface area (Å²) in [5.74, 6) is 0.229. The molecule has 8 heteroatoms. The number of hydrogen-bond donors (Lipinski definition) is 2. The Labute approximate surface area is 177 Å². The third-order valence-electron chi connectivity index (χ3n) is 5.10. The number of carbonyl (C=O) groups excluding carboxylic acids is 1. The number of sulfonamides is 1. The highest BCUT2D eigenvalue weighted by Gasteiger charge is 2.27. The normalized spacial score (nSPS) is 17.5. The quantitative estimate of drug-likeness (QED) is 0.634. The van der Waals surface area contributed by atoms with E-state index in [1.54, 1.807) is 13.0 Å². The highest BCUT2D eigenvalue weighted by molar-refractivity contribution is 7.89. The lowest BCUT2D eigenvalue weighted by atomic mass is 10.1. The van der Waals surface area contributed by atoms with Gasteiger partial charge in [-0.05, 0) is 55.5 Å². The van der Waals surface area contributed by atoms with Crippen molar-refractivity contribution in [2.45, 2.75) is 43.2 Å². The Bertz CT molecular complexity index is 957. The van der Waals surface area contributed by atoms with Gasteiger partial charge in [-0.15, -0.1) is 0 Å². The lowest BCUT2D eigenvalue weighted by Crippen LogP contribution is -2.49. The van der Waals surface area contributed by atoms with Gasteiger partial charge < -0.3 is 14.8 Å². The maximum atomic E-state index is 13.0. The maximum Gasteiger partial charge on any atom is 0.241 e. The number of aryl methyl sites for hydroxylation is 1. The maximum absolute atomic E-state index is 13.0. The van der Waals surface area contributed by atoms with E-state index < -0.39 is 16.1 Å². The average molecular weight is 433 g/mol. The van der Waals surface area contributed by atoms with Crippen LogP contribution in [0.5, 0.6) is 5.75 Å². The van der Waals surface area contributed by atoms with Gasteiger partial charge in [0.05, 0.1) is 18.1 Å². The Morgan fingerprint density at radius 1 is 1.23 bits per heavy atom. The molecule has 0 aromatic heterocycles. The summed E-state index contributed by atoms with van der Waals surface area (Å²) < 4.78 is 39.3.